The van der Waals surface area contributed by atoms with Crippen LogP contribution in [0.2, 0.25) is 0 Å². The van der Waals surface area contributed by atoms with Gasteiger partial charge in [0.25, 0.3) is 0 Å². The third kappa shape index (κ3) is 3.16. The SMILES string of the molecule is Cn1cc([C@H]2C[C@@H]2C(=O)Nc2ccccc2OC2CCCC2)cn1. The molecular weight excluding hydrogens is 302 g/mol. The van der Waals surface area contributed by atoms with E-state index < -0.39 is 0 Å². The maximum Gasteiger partial charge on any atom is 0.228 e. The number of carbonyl (C=O) groups excluding carboxylic acids is 1. The van der Waals surface area contributed by atoms with Gasteiger partial charge in [-0.3, -0.25) is 9.48 Å². The van der Waals surface area contributed by atoms with Gasteiger partial charge in [0.1, 0.15) is 5.75 Å². The van der Waals surface area contributed by atoms with Crippen LogP contribution in [0, 0.1) is 5.92 Å². The first-order chi connectivity index (χ1) is 11.7. The first-order valence-corrected chi connectivity index (χ1v) is 8.76. The van der Waals surface area contributed by atoms with Crippen molar-refractivity contribution < 1.29 is 9.53 Å². The van der Waals surface area contributed by atoms with Crippen LogP contribution in [0.25, 0.3) is 0 Å². The fraction of sp³-hybridized carbons (Fsp3) is 0.474. The largest absolute Gasteiger partial charge is 0.488 e. The highest BCUT2D eigenvalue weighted by molar-refractivity contribution is 5.96. The Kier molecular flexibility index (Phi) is 4.00. The molecule has 0 bridgehead atoms. The number of nitrogens with one attached hydrogen (secondary N) is 1. The molecule has 2 aliphatic rings. The molecule has 1 aromatic carbocycles. The Morgan fingerprint density at radius 1 is 1.29 bits per heavy atom. The number of carbonyl (C=O) groups is 1. The molecule has 126 valence electrons. The lowest BCUT2D eigenvalue weighted by molar-refractivity contribution is -0.117. The van der Waals surface area contributed by atoms with E-state index >= 15 is 0 Å². The molecule has 1 amide bonds. The quantitative estimate of drug-likeness (QED) is 0.915. The van der Waals surface area contributed by atoms with Crippen LogP contribution in [-0.2, 0) is 11.8 Å². The van der Waals surface area contributed by atoms with Crippen LogP contribution in [0.5, 0.6) is 5.75 Å². The standard InChI is InChI=1S/C19H23N3O2/c1-22-12-13(11-20-22)15-10-16(15)19(23)21-17-8-4-5-9-18(17)24-14-6-2-3-7-14/h4-5,8-9,11-12,14-16H,2-3,6-7,10H2,1H3,(H,21,23)/t15-,16+/m1/s1. The van der Waals surface area contributed by atoms with Crippen molar-refractivity contribution in [3.8, 4) is 5.75 Å². The molecular formula is C19H23N3O2. The van der Waals surface area contributed by atoms with E-state index in [9.17, 15) is 4.79 Å². The highest BCUT2D eigenvalue weighted by Gasteiger charge is 2.44. The minimum absolute atomic E-state index is 0.0359. The second kappa shape index (κ2) is 6.30. The van der Waals surface area contributed by atoms with Gasteiger partial charge in [0.2, 0.25) is 5.91 Å². The summed E-state index contributed by atoms with van der Waals surface area (Å²) in [6, 6.07) is 7.75. The number of amides is 1. The van der Waals surface area contributed by atoms with Crippen molar-refractivity contribution in [3.63, 3.8) is 0 Å². The molecule has 24 heavy (non-hydrogen) atoms. The number of benzene rings is 1. The molecule has 2 saturated carbocycles. The van der Waals surface area contributed by atoms with E-state index in [2.05, 4.69) is 10.4 Å². The number of para-hydroxylation sites is 2. The number of rotatable bonds is 5. The van der Waals surface area contributed by atoms with Crippen molar-refractivity contribution in [2.45, 2.75) is 44.1 Å². The summed E-state index contributed by atoms with van der Waals surface area (Å²) in [5.41, 5.74) is 1.93. The number of aryl methyl sites for hydroxylation is 1. The molecule has 2 fully saturated rings. The first-order valence-electron chi connectivity index (χ1n) is 8.76. The molecule has 0 radical (unpaired) electrons. The summed E-state index contributed by atoms with van der Waals surface area (Å²) in [6.45, 7) is 0. The van der Waals surface area contributed by atoms with Crippen LogP contribution in [0.4, 0.5) is 5.69 Å². The van der Waals surface area contributed by atoms with E-state index in [1.807, 2.05) is 43.7 Å². The van der Waals surface area contributed by atoms with E-state index in [0.717, 1.165) is 36.3 Å². The lowest BCUT2D eigenvalue weighted by Gasteiger charge is -2.16. The average Bonchev–Trinajstić information content (AvgIpc) is 2.98. The number of ether oxygens (including phenoxy) is 1. The minimum atomic E-state index is 0.0359. The van der Waals surface area contributed by atoms with E-state index in [-0.39, 0.29) is 17.9 Å². The summed E-state index contributed by atoms with van der Waals surface area (Å²) < 4.78 is 7.88. The Morgan fingerprint density at radius 2 is 2.08 bits per heavy atom. The van der Waals surface area contributed by atoms with Crippen LogP contribution in [0.15, 0.2) is 36.7 Å². The zero-order chi connectivity index (χ0) is 16.5. The summed E-state index contributed by atoms with van der Waals surface area (Å²) >= 11 is 0. The Labute approximate surface area is 142 Å². The smallest absolute Gasteiger partial charge is 0.228 e. The van der Waals surface area contributed by atoms with Gasteiger partial charge in [-0.2, -0.15) is 5.10 Å². The highest BCUT2D eigenvalue weighted by atomic mass is 16.5. The molecule has 5 nitrogen and oxygen atoms in total. The predicted octanol–water partition coefficient (Wildman–Crippen LogP) is 3.48. The third-order valence-corrected chi connectivity index (χ3v) is 5.02. The lowest BCUT2D eigenvalue weighted by atomic mass is 10.2. The molecule has 0 unspecified atom stereocenters. The monoisotopic (exact) mass is 325 g/mol. The fourth-order valence-corrected chi connectivity index (χ4v) is 3.57. The van der Waals surface area contributed by atoms with Crippen LogP contribution >= 0.6 is 0 Å². The van der Waals surface area contributed by atoms with E-state index in [0.29, 0.717) is 5.92 Å². The number of anilines is 1. The minimum Gasteiger partial charge on any atom is -0.488 e. The van der Waals surface area contributed by atoms with Crippen molar-refractivity contribution in [2.24, 2.45) is 13.0 Å². The van der Waals surface area contributed by atoms with Gasteiger partial charge in [0.15, 0.2) is 0 Å². The lowest BCUT2D eigenvalue weighted by Crippen LogP contribution is -2.17. The van der Waals surface area contributed by atoms with Gasteiger partial charge in [0, 0.05) is 19.2 Å². The molecule has 0 aliphatic heterocycles. The van der Waals surface area contributed by atoms with Gasteiger partial charge in [-0.25, -0.2) is 0 Å². The molecule has 4 rings (SSSR count). The predicted molar refractivity (Wildman–Crippen MR) is 92.0 cm³/mol. The maximum absolute atomic E-state index is 12.6. The molecule has 0 saturated heterocycles. The van der Waals surface area contributed by atoms with Crippen molar-refractivity contribution in [2.75, 3.05) is 5.32 Å². The summed E-state index contributed by atoms with van der Waals surface area (Å²) in [7, 11) is 1.90. The van der Waals surface area contributed by atoms with Gasteiger partial charge in [-0.05, 0) is 55.7 Å². The third-order valence-electron chi connectivity index (χ3n) is 5.02. The zero-order valence-electron chi connectivity index (χ0n) is 13.9. The molecule has 2 aromatic rings. The summed E-state index contributed by atoms with van der Waals surface area (Å²) in [5, 5.41) is 7.25. The summed E-state index contributed by atoms with van der Waals surface area (Å²) in [4.78, 5) is 12.6. The molecule has 2 aliphatic carbocycles. The maximum atomic E-state index is 12.6. The second-order valence-corrected chi connectivity index (χ2v) is 6.91. The van der Waals surface area contributed by atoms with Crippen molar-refractivity contribution in [3.05, 3.63) is 42.2 Å². The Hall–Kier alpha value is -2.30. The van der Waals surface area contributed by atoms with Gasteiger partial charge in [-0.1, -0.05) is 12.1 Å². The first kappa shape index (κ1) is 15.2. The molecule has 0 spiro atoms. The highest BCUT2D eigenvalue weighted by Crippen LogP contribution is 2.48. The number of hydrogen-bond donors (Lipinski definition) is 1. The summed E-state index contributed by atoms with van der Waals surface area (Å²) in [6.07, 6.45) is 9.70. The molecule has 2 atom stereocenters. The normalized spacial score (nSPS) is 23.2. The Balaban J connectivity index is 1.41. The van der Waals surface area contributed by atoms with Gasteiger partial charge in [0.05, 0.1) is 18.0 Å². The van der Waals surface area contributed by atoms with E-state index in [4.69, 9.17) is 4.74 Å². The zero-order valence-corrected chi connectivity index (χ0v) is 13.9. The van der Waals surface area contributed by atoms with Gasteiger partial charge >= 0.3 is 0 Å². The van der Waals surface area contributed by atoms with Crippen molar-refractivity contribution in [1.82, 2.24) is 9.78 Å². The summed E-state index contributed by atoms with van der Waals surface area (Å²) in [5.74, 6) is 1.19. The second-order valence-electron chi connectivity index (χ2n) is 6.91. The number of aromatic nitrogens is 2. The van der Waals surface area contributed by atoms with E-state index in [1.165, 1.54) is 12.8 Å². The Morgan fingerprint density at radius 3 is 2.83 bits per heavy atom. The van der Waals surface area contributed by atoms with Crippen molar-refractivity contribution >= 4 is 11.6 Å². The van der Waals surface area contributed by atoms with Gasteiger partial charge < -0.3 is 10.1 Å². The molecule has 5 heteroatoms. The average molecular weight is 325 g/mol. The molecule has 1 heterocycles. The van der Waals surface area contributed by atoms with Crippen molar-refractivity contribution in [1.29, 1.82) is 0 Å². The fourth-order valence-electron chi connectivity index (χ4n) is 3.57. The number of hydrogen-bond acceptors (Lipinski definition) is 3. The van der Waals surface area contributed by atoms with Crippen LogP contribution < -0.4 is 10.1 Å². The molecule has 1 aromatic heterocycles. The van der Waals surface area contributed by atoms with E-state index in [1.54, 1.807) is 4.68 Å². The van der Waals surface area contributed by atoms with Crippen LogP contribution in [-0.4, -0.2) is 21.8 Å². The Bertz CT molecular complexity index is 734. The van der Waals surface area contributed by atoms with Crippen LogP contribution in [0.1, 0.15) is 43.6 Å². The topological polar surface area (TPSA) is 56.2 Å². The molecule has 1 N–H and O–H groups in total. The number of nitrogens with zero attached hydrogens (tertiary/aromatic N) is 2. The van der Waals surface area contributed by atoms with Gasteiger partial charge in [-0.15, -0.1) is 0 Å². The van der Waals surface area contributed by atoms with Crippen LogP contribution in [0.3, 0.4) is 0 Å².